The Hall–Kier alpha value is -2.36. The van der Waals surface area contributed by atoms with Crippen molar-refractivity contribution in [3.8, 4) is 6.07 Å². The van der Waals surface area contributed by atoms with Gasteiger partial charge in [0.15, 0.2) is 0 Å². The minimum absolute atomic E-state index is 0.184. The van der Waals surface area contributed by atoms with Crippen molar-refractivity contribution in [3.05, 3.63) is 45.6 Å². The molecule has 5 N–H and O–H groups in total. The molecule has 0 saturated heterocycles. The molecule has 6 heteroatoms. The summed E-state index contributed by atoms with van der Waals surface area (Å²) in [7, 11) is 0. The van der Waals surface area contributed by atoms with Crippen LogP contribution in [-0.2, 0) is 0 Å². The van der Waals surface area contributed by atoms with E-state index in [1.54, 1.807) is 29.6 Å². The van der Waals surface area contributed by atoms with Crippen LogP contribution in [0.1, 0.15) is 20.8 Å². The predicted molar refractivity (Wildman–Crippen MR) is 80.9 cm³/mol. The number of ketones is 1. The number of nitriles is 1. The minimum Gasteiger partial charge on any atom is -0.399 e. The van der Waals surface area contributed by atoms with E-state index in [4.69, 9.17) is 16.7 Å². The zero-order valence-corrected chi connectivity index (χ0v) is 11.5. The number of anilines is 2. The highest BCUT2D eigenvalue weighted by Gasteiger charge is 2.18. The lowest BCUT2D eigenvalue weighted by molar-refractivity contribution is 0.104. The lowest BCUT2D eigenvalue weighted by Gasteiger charge is -2.11. The molecule has 0 bridgehead atoms. The summed E-state index contributed by atoms with van der Waals surface area (Å²) in [5.41, 5.74) is 13.3. The minimum atomic E-state index is -0.184. The number of rotatable bonds is 5. The molecule has 0 saturated carbocycles. The first-order valence-corrected chi connectivity index (χ1v) is 6.91. The highest BCUT2D eigenvalue weighted by Crippen LogP contribution is 2.26. The molecule has 0 amide bonds. The van der Waals surface area contributed by atoms with Gasteiger partial charge in [-0.05, 0) is 29.6 Å². The molecule has 1 aromatic heterocycles. The van der Waals surface area contributed by atoms with Crippen molar-refractivity contribution in [3.63, 3.8) is 0 Å². The molecule has 1 aromatic carbocycles. The van der Waals surface area contributed by atoms with Crippen LogP contribution in [0.5, 0.6) is 0 Å². The third-order valence-electron chi connectivity index (χ3n) is 2.74. The maximum absolute atomic E-state index is 12.5. The Morgan fingerprint density at radius 3 is 2.90 bits per heavy atom. The Kier molecular flexibility index (Phi) is 4.35. The summed E-state index contributed by atoms with van der Waals surface area (Å²) in [6.07, 6.45) is 0. The van der Waals surface area contributed by atoms with Crippen LogP contribution < -0.4 is 16.8 Å². The quantitative estimate of drug-likeness (QED) is 0.574. The maximum atomic E-state index is 12.5. The molecular weight excluding hydrogens is 272 g/mol. The second kappa shape index (κ2) is 6.19. The number of nitrogens with two attached hydrogens (primary N) is 2. The van der Waals surface area contributed by atoms with Crippen LogP contribution in [0, 0.1) is 11.3 Å². The van der Waals surface area contributed by atoms with Gasteiger partial charge in [0.1, 0.15) is 6.07 Å². The molecular formula is C14H14N4OS. The number of carbonyl (C=O) groups is 1. The molecule has 2 aromatic rings. The van der Waals surface area contributed by atoms with E-state index in [1.807, 2.05) is 6.07 Å². The number of carbonyl (C=O) groups excluding carboxylic acids is 1. The molecule has 0 unspecified atom stereocenters. The zero-order chi connectivity index (χ0) is 14.5. The Bertz CT molecular complexity index is 672. The Morgan fingerprint density at radius 2 is 2.20 bits per heavy atom. The van der Waals surface area contributed by atoms with Crippen molar-refractivity contribution in [2.24, 2.45) is 5.73 Å². The van der Waals surface area contributed by atoms with E-state index in [-0.39, 0.29) is 5.78 Å². The summed E-state index contributed by atoms with van der Waals surface area (Å²) in [6, 6.07) is 8.69. The standard InChI is InChI=1S/C14H14N4OS/c15-4-5-18-12-7-10(17)1-2-11(12)13(19)14-9(8-16)3-6-20-14/h1-3,6-7,18H,4-5,15,17H2. The van der Waals surface area contributed by atoms with Gasteiger partial charge in [0.25, 0.3) is 0 Å². The summed E-state index contributed by atoms with van der Waals surface area (Å²) in [5.74, 6) is -0.184. The van der Waals surface area contributed by atoms with E-state index in [9.17, 15) is 4.79 Å². The molecule has 102 valence electrons. The number of nitrogen functional groups attached to an aromatic ring is 1. The van der Waals surface area contributed by atoms with Crippen molar-refractivity contribution in [2.75, 3.05) is 24.1 Å². The SMILES string of the molecule is N#Cc1ccsc1C(=O)c1ccc(N)cc1NCCN. The first-order valence-electron chi connectivity index (χ1n) is 6.03. The van der Waals surface area contributed by atoms with Gasteiger partial charge in [0.05, 0.1) is 10.4 Å². The van der Waals surface area contributed by atoms with Crippen LogP contribution in [0.3, 0.4) is 0 Å². The maximum Gasteiger partial charge on any atom is 0.206 e. The van der Waals surface area contributed by atoms with Crippen molar-refractivity contribution in [2.45, 2.75) is 0 Å². The van der Waals surface area contributed by atoms with Crippen LogP contribution in [0.2, 0.25) is 0 Å². The summed E-state index contributed by atoms with van der Waals surface area (Å²) in [5, 5.41) is 13.8. The second-order valence-corrected chi connectivity index (χ2v) is 5.04. The van der Waals surface area contributed by atoms with Crippen LogP contribution in [0.15, 0.2) is 29.6 Å². The fraction of sp³-hybridized carbons (Fsp3) is 0.143. The first kappa shape index (κ1) is 14.1. The average Bonchev–Trinajstić information content (AvgIpc) is 2.93. The van der Waals surface area contributed by atoms with Crippen molar-refractivity contribution in [1.82, 2.24) is 0 Å². The van der Waals surface area contributed by atoms with Gasteiger partial charge in [-0.2, -0.15) is 5.26 Å². The van der Waals surface area contributed by atoms with Gasteiger partial charge >= 0.3 is 0 Å². The molecule has 2 rings (SSSR count). The zero-order valence-electron chi connectivity index (χ0n) is 10.7. The molecule has 0 spiro atoms. The smallest absolute Gasteiger partial charge is 0.206 e. The fourth-order valence-electron chi connectivity index (χ4n) is 1.81. The summed E-state index contributed by atoms with van der Waals surface area (Å²) in [6.45, 7) is 0.990. The van der Waals surface area contributed by atoms with E-state index in [2.05, 4.69) is 5.32 Å². The molecule has 0 atom stereocenters. The number of hydrogen-bond acceptors (Lipinski definition) is 6. The topological polar surface area (TPSA) is 105 Å². The molecule has 0 aliphatic rings. The highest BCUT2D eigenvalue weighted by atomic mass is 32.1. The molecule has 0 aliphatic heterocycles. The second-order valence-electron chi connectivity index (χ2n) is 4.12. The van der Waals surface area contributed by atoms with Crippen LogP contribution in [0.4, 0.5) is 11.4 Å². The van der Waals surface area contributed by atoms with Gasteiger partial charge in [0.2, 0.25) is 5.78 Å². The Morgan fingerprint density at radius 1 is 1.40 bits per heavy atom. The third kappa shape index (κ3) is 2.79. The van der Waals surface area contributed by atoms with Gasteiger partial charge in [-0.3, -0.25) is 4.79 Å². The molecule has 5 nitrogen and oxygen atoms in total. The van der Waals surface area contributed by atoms with Gasteiger partial charge < -0.3 is 16.8 Å². The van der Waals surface area contributed by atoms with Crippen LogP contribution >= 0.6 is 11.3 Å². The number of benzene rings is 1. The molecule has 0 aliphatic carbocycles. The van der Waals surface area contributed by atoms with Gasteiger partial charge in [-0.15, -0.1) is 11.3 Å². The lowest BCUT2D eigenvalue weighted by Crippen LogP contribution is -2.15. The largest absolute Gasteiger partial charge is 0.399 e. The van der Waals surface area contributed by atoms with Crippen molar-refractivity contribution < 1.29 is 4.79 Å². The van der Waals surface area contributed by atoms with E-state index >= 15 is 0 Å². The molecule has 0 fully saturated rings. The number of nitrogens with zero attached hydrogens (tertiary/aromatic N) is 1. The lowest BCUT2D eigenvalue weighted by atomic mass is 10.0. The third-order valence-corrected chi connectivity index (χ3v) is 3.65. The molecule has 20 heavy (non-hydrogen) atoms. The van der Waals surface area contributed by atoms with E-state index < -0.39 is 0 Å². The summed E-state index contributed by atoms with van der Waals surface area (Å²) >= 11 is 1.26. The van der Waals surface area contributed by atoms with E-state index in [0.29, 0.717) is 40.5 Å². The predicted octanol–water partition coefficient (Wildman–Crippen LogP) is 1.80. The van der Waals surface area contributed by atoms with Crippen molar-refractivity contribution in [1.29, 1.82) is 5.26 Å². The summed E-state index contributed by atoms with van der Waals surface area (Å²) in [4.78, 5) is 13.0. The average molecular weight is 286 g/mol. The van der Waals surface area contributed by atoms with Crippen LogP contribution in [-0.4, -0.2) is 18.9 Å². The molecule has 1 heterocycles. The van der Waals surface area contributed by atoms with Crippen molar-refractivity contribution >= 4 is 28.5 Å². The number of nitrogens with one attached hydrogen (secondary N) is 1. The normalized spacial score (nSPS) is 10.0. The number of thiophene rings is 1. The molecule has 0 radical (unpaired) electrons. The summed E-state index contributed by atoms with van der Waals surface area (Å²) < 4.78 is 0. The van der Waals surface area contributed by atoms with Gasteiger partial charge in [0, 0.05) is 30.0 Å². The fourth-order valence-corrected chi connectivity index (χ4v) is 2.61. The Balaban J connectivity index is 2.42. The number of hydrogen-bond donors (Lipinski definition) is 3. The van der Waals surface area contributed by atoms with E-state index in [1.165, 1.54) is 11.3 Å². The monoisotopic (exact) mass is 286 g/mol. The van der Waals surface area contributed by atoms with E-state index in [0.717, 1.165) is 0 Å². The highest BCUT2D eigenvalue weighted by molar-refractivity contribution is 7.12. The first-order chi connectivity index (χ1) is 9.67. The Labute approximate surface area is 120 Å². The van der Waals surface area contributed by atoms with Crippen LogP contribution in [0.25, 0.3) is 0 Å². The van der Waals surface area contributed by atoms with Gasteiger partial charge in [-0.1, -0.05) is 0 Å². The van der Waals surface area contributed by atoms with Gasteiger partial charge in [-0.25, -0.2) is 0 Å².